The lowest BCUT2D eigenvalue weighted by Gasteiger charge is -2.32. The van der Waals surface area contributed by atoms with Gasteiger partial charge < -0.3 is 15.0 Å². The molecule has 0 bridgehead atoms. The van der Waals surface area contributed by atoms with Crippen molar-refractivity contribution in [2.45, 2.75) is 64.1 Å². The van der Waals surface area contributed by atoms with Crippen molar-refractivity contribution < 1.29 is 13.7 Å². The summed E-state index contributed by atoms with van der Waals surface area (Å²) in [6.07, 6.45) is 2.62. The van der Waals surface area contributed by atoms with Crippen molar-refractivity contribution >= 4 is 19.5 Å². The first kappa shape index (κ1) is 19.4. The van der Waals surface area contributed by atoms with Crippen LogP contribution in [0.25, 0.3) is 0 Å². The van der Waals surface area contributed by atoms with E-state index in [0.29, 0.717) is 0 Å². The van der Waals surface area contributed by atoms with E-state index in [0.717, 1.165) is 24.8 Å². The van der Waals surface area contributed by atoms with Crippen LogP contribution in [0.2, 0.25) is 0 Å². The van der Waals surface area contributed by atoms with Crippen LogP contribution in [0.4, 0.5) is 4.39 Å². The zero-order chi connectivity index (χ0) is 15.7. The van der Waals surface area contributed by atoms with Crippen molar-refractivity contribution in [2.24, 2.45) is 5.73 Å². The Morgan fingerprint density at radius 2 is 1.59 bits per heavy atom. The zero-order valence-electron chi connectivity index (χ0n) is 13.8. The Labute approximate surface area is 139 Å². The minimum atomic E-state index is -0.358. The third-order valence-electron chi connectivity index (χ3n) is 4.54. The van der Waals surface area contributed by atoms with Crippen molar-refractivity contribution in [1.82, 2.24) is 0 Å². The number of aryl methyl sites for hydroxylation is 1. The highest BCUT2D eigenvalue weighted by Gasteiger charge is 2.52. The maximum Gasteiger partial charge on any atom is 0.475 e. The lowest BCUT2D eigenvalue weighted by Crippen LogP contribution is -2.41. The van der Waals surface area contributed by atoms with Crippen LogP contribution in [-0.4, -0.2) is 24.3 Å². The summed E-state index contributed by atoms with van der Waals surface area (Å²) in [5.41, 5.74) is 6.64. The molecule has 0 spiro atoms. The second-order valence-corrected chi connectivity index (χ2v) is 6.81. The minimum absolute atomic E-state index is 0. The Kier molecular flexibility index (Phi) is 6.45. The van der Waals surface area contributed by atoms with Gasteiger partial charge in [0.1, 0.15) is 5.82 Å². The fourth-order valence-corrected chi connectivity index (χ4v) is 2.39. The summed E-state index contributed by atoms with van der Waals surface area (Å²) in [4.78, 5) is 0. The SMILES string of the molecule is CC1(C)OB(C(N)CCCc2ccc(F)cc2)OC1(C)C.Cl. The molecule has 0 aromatic heterocycles. The number of benzene rings is 1. The summed E-state index contributed by atoms with van der Waals surface area (Å²) in [5.74, 6) is -0.348. The molecule has 1 aliphatic rings. The molecule has 2 rings (SSSR count). The summed E-state index contributed by atoms with van der Waals surface area (Å²) in [5, 5.41) is 0. The summed E-state index contributed by atoms with van der Waals surface area (Å²) >= 11 is 0. The molecule has 1 aromatic carbocycles. The smallest absolute Gasteiger partial charge is 0.402 e. The van der Waals surface area contributed by atoms with E-state index in [1.54, 1.807) is 0 Å². The normalized spacial score (nSPS) is 20.5. The lowest BCUT2D eigenvalue weighted by atomic mass is 9.76. The van der Waals surface area contributed by atoms with Crippen LogP contribution >= 0.6 is 12.4 Å². The average molecular weight is 330 g/mol. The molecule has 1 heterocycles. The van der Waals surface area contributed by atoms with Gasteiger partial charge in [0.05, 0.1) is 11.2 Å². The molecule has 3 nitrogen and oxygen atoms in total. The van der Waals surface area contributed by atoms with Gasteiger partial charge in [-0.05, 0) is 64.7 Å². The third kappa shape index (κ3) is 4.45. The molecule has 1 fully saturated rings. The van der Waals surface area contributed by atoms with E-state index in [9.17, 15) is 4.39 Å². The lowest BCUT2D eigenvalue weighted by molar-refractivity contribution is 0.00578. The van der Waals surface area contributed by atoms with E-state index in [4.69, 9.17) is 15.0 Å². The molecule has 0 saturated carbocycles. The van der Waals surface area contributed by atoms with Gasteiger partial charge in [0.25, 0.3) is 0 Å². The largest absolute Gasteiger partial charge is 0.475 e. The molecule has 0 amide bonds. The maximum atomic E-state index is 12.8. The molecule has 1 aliphatic heterocycles. The van der Waals surface area contributed by atoms with E-state index < -0.39 is 0 Å². The van der Waals surface area contributed by atoms with Crippen molar-refractivity contribution in [1.29, 1.82) is 0 Å². The van der Waals surface area contributed by atoms with Crippen LogP contribution in [0, 0.1) is 5.82 Å². The molecule has 1 unspecified atom stereocenters. The zero-order valence-corrected chi connectivity index (χ0v) is 14.6. The van der Waals surface area contributed by atoms with Crippen molar-refractivity contribution in [2.75, 3.05) is 0 Å². The minimum Gasteiger partial charge on any atom is -0.402 e. The Morgan fingerprint density at radius 1 is 1.09 bits per heavy atom. The van der Waals surface area contributed by atoms with Gasteiger partial charge >= 0.3 is 7.12 Å². The fraction of sp³-hybridized carbons (Fsp3) is 0.625. The van der Waals surface area contributed by atoms with Crippen LogP contribution in [0.5, 0.6) is 0 Å². The Balaban J connectivity index is 0.00000242. The third-order valence-corrected chi connectivity index (χ3v) is 4.54. The number of rotatable bonds is 5. The van der Waals surface area contributed by atoms with Crippen LogP contribution in [0.15, 0.2) is 24.3 Å². The molecule has 6 heteroatoms. The highest BCUT2D eigenvalue weighted by atomic mass is 35.5. The summed E-state index contributed by atoms with van der Waals surface area (Å²) in [6.45, 7) is 8.10. The molecule has 1 atom stereocenters. The number of nitrogens with two attached hydrogens (primary N) is 1. The van der Waals surface area contributed by atoms with E-state index >= 15 is 0 Å². The van der Waals surface area contributed by atoms with Gasteiger partial charge in [-0.15, -0.1) is 12.4 Å². The number of hydrogen-bond donors (Lipinski definition) is 1. The van der Waals surface area contributed by atoms with Gasteiger partial charge in [-0.1, -0.05) is 12.1 Å². The van der Waals surface area contributed by atoms with Crippen molar-refractivity contribution in [3.8, 4) is 0 Å². The predicted octanol–water partition coefficient (Wildman–Crippen LogP) is 3.53. The molecule has 0 radical (unpaired) electrons. The van der Waals surface area contributed by atoms with Gasteiger partial charge in [0.2, 0.25) is 0 Å². The molecule has 2 N–H and O–H groups in total. The molecular formula is C16H26BClFNO2. The van der Waals surface area contributed by atoms with E-state index in [1.807, 2.05) is 39.8 Å². The van der Waals surface area contributed by atoms with Crippen LogP contribution in [-0.2, 0) is 15.7 Å². The fourth-order valence-electron chi connectivity index (χ4n) is 2.39. The van der Waals surface area contributed by atoms with Gasteiger partial charge in [-0.3, -0.25) is 0 Å². The molecule has 0 aliphatic carbocycles. The van der Waals surface area contributed by atoms with Gasteiger partial charge in [0.15, 0.2) is 0 Å². The number of hydrogen-bond acceptors (Lipinski definition) is 3. The quantitative estimate of drug-likeness (QED) is 0.841. The molecule has 1 aromatic rings. The average Bonchev–Trinajstić information content (AvgIpc) is 2.61. The summed E-state index contributed by atoms with van der Waals surface area (Å²) in [7, 11) is -0.358. The molecule has 124 valence electrons. The number of halogens is 2. The van der Waals surface area contributed by atoms with Crippen molar-refractivity contribution in [3.63, 3.8) is 0 Å². The first-order valence-electron chi connectivity index (χ1n) is 7.57. The highest BCUT2D eigenvalue weighted by Crippen LogP contribution is 2.37. The van der Waals surface area contributed by atoms with Gasteiger partial charge in [-0.2, -0.15) is 0 Å². The topological polar surface area (TPSA) is 44.5 Å². The van der Waals surface area contributed by atoms with Crippen molar-refractivity contribution in [3.05, 3.63) is 35.6 Å². The summed E-state index contributed by atoms with van der Waals surface area (Å²) < 4.78 is 24.7. The first-order chi connectivity index (χ1) is 9.71. The Hall–Kier alpha value is -0.615. The van der Waals surface area contributed by atoms with E-state index in [-0.39, 0.29) is 42.5 Å². The van der Waals surface area contributed by atoms with Crippen LogP contribution in [0.3, 0.4) is 0 Å². The Morgan fingerprint density at radius 3 is 2.09 bits per heavy atom. The van der Waals surface area contributed by atoms with E-state index in [2.05, 4.69) is 0 Å². The van der Waals surface area contributed by atoms with Gasteiger partial charge in [-0.25, -0.2) is 4.39 Å². The van der Waals surface area contributed by atoms with Crippen LogP contribution in [0.1, 0.15) is 46.1 Å². The molecule has 1 saturated heterocycles. The first-order valence-corrected chi connectivity index (χ1v) is 7.57. The van der Waals surface area contributed by atoms with Gasteiger partial charge in [0, 0.05) is 5.94 Å². The second kappa shape index (κ2) is 7.30. The summed E-state index contributed by atoms with van der Waals surface area (Å²) in [6, 6.07) is 6.61. The molecule has 22 heavy (non-hydrogen) atoms. The second-order valence-electron chi connectivity index (χ2n) is 6.81. The van der Waals surface area contributed by atoms with E-state index in [1.165, 1.54) is 12.1 Å². The Bertz CT molecular complexity index is 466. The predicted molar refractivity (Wildman–Crippen MR) is 90.6 cm³/mol. The molecular weight excluding hydrogens is 303 g/mol. The van der Waals surface area contributed by atoms with Crippen LogP contribution < -0.4 is 5.73 Å². The monoisotopic (exact) mass is 329 g/mol. The highest BCUT2D eigenvalue weighted by molar-refractivity contribution is 6.47. The maximum absolute atomic E-state index is 12.8. The standard InChI is InChI=1S/C16H25BFNO2.ClH/c1-15(2)16(3,4)21-17(20-15)14(19)7-5-6-12-8-10-13(18)11-9-12;/h8-11,14H,5-7,19H2,1-4H3;1H.